The van der Waals surface area contributed by atoms with E-state index in [9.17, 15) is 9.59 Å². The summed E-state index contributed by atoms with van der Waals surface area (Å²) >= 11 is 0. The summed E-state index contributed by atoms with van der Waals surface area (Å²) in [6.07, 6.45) is 3.63. The Labute approximate surface area is 175 Å². The highest BCUT2D eigenvalue weighted by molar-refractivity contribution is 6.06. The van der Waals surface area contributed by atoms with Gasteiger partial charge in [0.05, 0.1) is 12.1 Å². The molecule has 0 atom stereocenters. The molecule has 0 N–H and O–H groups in total. The highest BCUT2D eigenvalue weighted by Gasteiger charge is 2.23. The van der Waals surface area contributed by atoms with E-state index in [2.05, 4.69) is 24.3 Å². The van der Waals surface area contributed by atoms with Crippen molar-refractivity contribution in [3.63, 3.8) is 0 Å². The van der Waals surface area contributed by atoms with E-state index in [4.69, 9.17) is 0 Å². The van der Waals surface area contributed by atoms with Crippen molar-refractivity contribution in [3.05, 3.63) is 112 Å². The molecule has 5 rings (SSSR count). The molecule has 1 aromatic heterocycles. The molecule has 3 aromatic carbocycles. The van der Waals surface area contributed by atoms with E-state index in [1.54, 1.807) is 16.8 Å². The predicted octanol–water partition coefficient (Wildman–Crippen LogP) is 4.64. The summed E-state index contributed by atoms with van der Waals surface area (Å²) in [6, 6.07) is 25.4. The first-order valence-corrected chi connectivity index (χ1v) is 10.3. The number of hydrogen-bond acceptors (Lipinski definition) is 2. The summed E-state index contributed by atoms with van der Waals surface area (Å²) in [4.78, 5) is 27.7. The summed E-state index contributed by atoms with van der Waals surface area (Å²) in [7, 11) is 0. The van der Waals surface area contributed by atoms with Crippen molar-refractivity contribution in [2.45, 2.75) is 19.4 Å². The highest BCUT2D eigenvalue weighted by Crippen LogP contribution is 2.28. The third-order valence-electron chi connectivity index (χ3n) is 5.81. The van der Waals surface area contributed by atoms with Crippen molar-refractivity contribution < 1.29 is 4.79 Å². The Morgan fingerprint density at radius 1 is 0.867 bits per heavy atom. The van der Waals surface area contributed by atoms with Crippen LogP contribution in [0, 0.1) is 0 Å². The Balaban J connectivity index is 1.50. The molecule has 0 saturated heterocycles. The maximum absolute atomic E-state index is 13.3. The van der Waals surface area contributed by atoms with E-state index >= 15 is 0 Å². The number of carbonyl (C=O) groups is 1. The van der Waals surface area contributed by atoms with Gasteiger partial charge in [-0.3, -0.25) is 9.59 Å². The summed E-state index contributed by atoms with van der Waals surface area (Å²) in [5, 5.41) is 2.26. The lowest BCUT2D eigenvalue weighted by Gasteiger charge is -2.29. The summed E-state index contributed by atoms with van der Waals surface area (Å²) in [5.74, 6) is -0.0613. The molecule has 0 bridgehead atoms. The van der Waals surface area contributed by atoms with Crippen LogP contribution in [0.15, 0.2) is 89.9 Å². The molecule has 0 saturated carbocycles. The van der Waals surface area contributed by atoms with Crippen molar-refractivity contribution in [3.8, 4) is 0 Å². The van der Waals surface area contributed by atoms with Gasteiger partial charge in [0.25, 0.3) is 11.5 Å². The van der Waals surface area contributed by atoms with Crippen molar-refractivity contribution in [2.75, 3.05) is 11.4 Å². The van der Waals surface area contributed by atoms with E-state index in [-0.39, 0.29) is 11.5 Å². The Morgan fingerprint density at radius 3 is 2.60 bits per heavy atom. The van der Waals surface area contributed by atoms with Gasteiger partial charge in [-0.15, -0.1) is 0 Å². The Kier molecular flexibility index (Phi) is 4.68. The molecule has 0 spiro atoms. The minimum Gasteiger partial charge on any atom is -0.310 e. The zero-order valence-electron chi connectivity index (χ0n) is 16.6. The van der Waals surface area contributed by atoms with Crippen LogP contribution in [0.3, 0.4) is 0 Å². The van der Waals surface area contributed by atoms with E-state index < -0.39 is 0 Å². The number of fused-ring (bicyclic) bond motifs is 2. The molecule has 30 heavy (non-hydrogen) atoms. The average Bonchev–Trinajstić information content (AvgIpc) is 2.80. The molecule has 4 aromatic rings. The molecule has 4 heteroatoms. The van der Waals surface area contributed by atoms with Crippen LogP contribution in [0.5, 0.6) is 0 Å². The molecule has 0 aliphatic carbocycles. The van der Waals surface area contributed by atoms with Crippen LogP contribution in [0.1, 0.15) is 27.9 Å². The van der Waals surface area contributed by atoms with Crippen molar-refractivity contribution in [1.82, 2.24) is 4.57 Å². The number of aryl methyl sites for hydroxylation is 1. The van der Waals surface area contributed by atoms with Crippen LogP contribution in [0.2, 0.25) is 0 Å². The number of anilines is 1. The van der Waals surface area contributed by atoms with Gasteiger partial charge in [0.1, 0.15) is 0 Å². The minimum atomic E-state index is -0.112. The van der Waals surface area contributed by atoms with Gasteiger partial charge in [-0.2, -0.15) is 0 Å². The third-order valence-corrected chi connectivity index (χ3v) is 5.81. The number of rotatable bonds is 3. The average molecular weight is 394 g/mol. The van der Waals surface area contributed by atoms with Gasteiger partial charge >= 0.3 is 0 Å². The second-order valence-corrected chi connectivity index (χ2v) is 7.71. The van der Waals surface area contributed by atoms with Gasteiger partial charge in [-0.05, 0) is 46.9 Å². The number of aromatic nitrogens is 1. The van der Waals surface area contributed by atoms with Crippen LogP contribution in [-0.4, -0.2) is 17.0 Å². The van der Waals surface area contributed by atoms with Gasteiger partial charge in [-0.25, -0.2) is 0 Å². The molecule has 0 radical (unpaired) electrons. The Hall–Kier alpha value is -3.66. The zero-order valence-corrected chi connectivity index (χ0v) is 16.6. The van der Waals surface area contributed by atoms with Crippen LogP contribution in [0.4, 0.5) is 5.69 Å². The van der Waals surface area contributed by atoms with Crippen LogP contribution in [-0.2, 0) is 13.0 Å². The maximum Gasteiger partial charge on any atom is 0.259 e. The van der Waals surface area contributed by atoms with E-state index in [1.165, 1.54) is 11.6 Å². The standard InChI is InChI=1S/C26H22N2O2/c29-25-15-14-22(26(30)28-16-6-11-20-8-2-4-13-24(20)28)18-27(25)17-21-10-5-9-19-7-1-3-12-23(19)21/h1-5,7-10,12-15,18H,6,11,16-17H2. The van der Waals surface area contributed by atoms with Gasteiger partial charge in [0, 0.05) is 24.5 Å². The monoisotopic (exact) mass is 394 g/mol. The molecule has 0 fully saturated rings. The predicted molar refractivity (Wildman–Crippen MR) is 120 cm³/mol. The second kappa shape index (κ2) is 7.64. The lowest BCUT2D eigenvalue weighted by Crippen LogP contribution is -2.36. The number of benzene rings is 3. The second-order valence-electron chi connectivity index (χ2n) is 7.71. The normalized spacial score (nSPS) is 13.3. The van der Waals surface area contributed by atoms with Gasteiger partial charge < -0.3 is 9.47 Å². The molecule has 0 unspecified atom stereocenters. The molecule has 1 aliphatic heterocycles. The Morgan fingerprint density at radius 2 is 1.67 bits per heavy atom. The lowest BCUT2D eigenvalue weighted by molar-refractivity contribution is 0.0984. The number of hydrogen-bond donors (Lipinski definition) is 0. The molecule has 1 aliphatic rings. The molecular formula is C26H22N2O2. The highest BCUT2D eigenvalue weighted by atomic mass is 16.2. The van der Waals surface area contributed by atoms with E-state index in [0.29, 0.717) is 18.7 Å². The number of amides is 1. The van der Waals surface area contributed by atoms with Crippen molar-refractivity contribution in [1.29, 1.82) is 0 Å². The molecule has 148 valence electrons. The molecule has 4 nitrogen and oxygen atoms in total. The fraction of sp³-hybridized carbons (Fsp3) is 0.154. The first-order chi connectivity index (χ1) is 14.7. The maximum atomic E-state index is 13.3. The first kappa shape index (κ1) is 18.4. The van der Waals surface area contributed by atoms with Crippen LogP contribution < -0.4 is 10.5 Å². The topological polar surface area (TPSA) is 42.3 Å². The fourth-order valence-electron chi connectivity index (χ4n) is 4.30. The van der Waals surface area contributed by atoms with Crippen LogP contribution in [0.25, 0.3) is 10.8 Å². The van der Waals surface area contributed by atoms with Crippen molar-refractivity contribution >= 4 is 22.4 Å². The summed E-state index contributed by atoms with van der Waals surface area (Å²) < 4.78 is 1.63. The first-order valence-electron chi connectivity index (χ1n) is 10.3. The molecular weight excluding hydrogens is 372 g/mol. The lowest BCUT2D eigenvalue weighted by atomic mass is 10.0. The number of carbonyl (C=O) groups excluding carboxylic acids is 1. The molecule has 2 heterocycles. The van der Waals surface area contributed by atoms with E-state index in [1.807, 2.05) is 47.4 Å². The van der Waals surface area contributed by atoms with Gasteiger partial charge in [0.2, 0.25) is 0 Å². The zero-order chi connectivity index (χ0) is 20.5. The van der Waals surface area contributed by atoms with E-state index in [0.717, 1.165) is 34.9 Å². The van der Waals surface area contributed by atoms with Crippen molar-refractivity contribution in [2.24, 2.45) is 0 Å². The quantitative estimate of drug-likeness (QED) is 0.508. The number of nitrogens with zero attached hydrogens (tertiary/aromatic N) is 2. The van der Waals surface area contributed by atoms with Gasteiger partial charge in [0.15, 0.2) is 0 Å². The third kappa shape index (κ3) is 3.30. The fourth-order valence-corrected chi connectivity index (χ4v) is 4.30. The van der Waals surface area contributed by atoms with Gasteiger partial charge in [-0.1, -0.05) is 60.7 Å². The Bertz CT molecular complexity index is 1300. The largest absolute Gasteiger partial charge is 0.310 e. The number of pyridine rings is 1. The summed E-state index contributed by atoms with van der Waals surface area (Å²) in [6.45, 7) is 1.12. The SMILES string of the molecule is O=C(c1ccc(=O)n(Cc2cccc3ccccc23)c1)N1CCCc2ccccc21. The molecule has 1 amide bonds. The number of para-hydroxylation sites is 1. The van der Waals surface area contributed by atoms with Crippen LogP contribution >= 0.6 is 0 Å². The smallest absolute Gasteiger partial charge is 0.259 e. The minimum absolute atomic E-state index is 0.0613. The summed E-state index contributed by atoms with van der Waals surface area (Å²) in [5.41, 5.74) is 3.65.